The van der Waals surface area contributed by atoms with Crippen molar-refractivity contribution < 1.29 is 14.7 Å². The molecule has 0 aliphatic carbocycles. The van der Waals surface area contributed by atoms with Crippen molar-refractivity contribution in [1.29, 1.82) is 5.26 Å². The third kappa shape index (κ3) is 6.42. The van der Waals surface area contributed by atoms with Crippen LogP contribution in [0, 0.1) is 11.3 Å². The lowest BCUT2D eigenvalue weighted by molar-refractivity contribution is -0.119. The molecule has 0 unspecified atom stereocenters. The molecule has 0 aliphatic rings. The monoisotopic (exact) mass is 482 g/mol. The molecule has 0 spiro atoms. The number of carboxylic acids is 1. The summed E-state index contributed by atoms with van der Waals surface area (Å²) < 4.78 is 1.71. The maximum atomic E-state index is 12.4. The summed E-state index contributed by atoms with van der Waals surface area (Å²) in [4.78, 5) is 36.4. The van der Waals surface area contributed by atoms with E-state index in [0.717, 1.165) is 11.1 Å². The zero-order chi connectivity index (χ0) is 25.3. The van der Waals surface area contributed by atoms with Crippen molar-refractivity contribution in [3.8, 4) is 11.9 Å². The van der Waals surface area contributed by atoms with Crippen LogP contribution in [0.2, 0.25) is 0 Å². The molecular weight excluding hydrogens is 460 g/mol. The van der Waals surface area contributed by atoms with Gasteiger partial charge in [-0.1, -0.05) is 24.3 Å². The van der Waals surface area contributed by atoms with Gasteiger partial charge in [-0.15, -0.1) is 0 Å². The summed E-state index contributed by atoms with van der Waals surface area (Å²) in [7, 11) is 0. The summed E-state index contributed by atoms with van der Waals surface area (Å²) in [5.41, 5.74) is 2.51. The molecule has 0 atom stereocenters. The molecule has 0 aliphatic heterocycles. The minimum atomic E-state index is -0.984. The number of hydrogen-bond acceptors (Lipinski definition) is 8. The maximum Gasteiger partial charge on any atom is 0.335 e. The molecule has 4 N–H and O–H groups in total. The number of nitrogens with one attached hydrogen (secondary N) is 3. The van der Waals surface area contributed by atoms with E-state index < -0.39 is 5.97 Å². The van der Waals surface area contributed by atoms with Crippen molar-refractivity contribution in [3.63, 3.8) is 0 Å². The summed E-state index contributed by atoms with van der Waals surface area (Å²) in [6, 6.07) is 17.2. The molecule has 11 heteroatoms. The minimum Gasteiger partial charge on any atom is -0.478 e. The van der Waals surface area contributed by atoms with Gasteiger partial charge < -0.3 is 21.1 Å². The number of rotatable bonds is 10. The highest BCUT2D eigenvalue weighted by Gasteiger charge is 2.09. The first kappa shape index (κ1) is 23.9. The number of nitriles is 1. The van der Waals surface area contributed by atoms with E-state index in [2.05, 4.69) is 37.0 Å². The Morgan fingerprint density at radius 1 is 0.972 bits per heavy atom. The number of nitrogens with zero attached hydrogens (tertiary/aromatic N) is 5. The van der Waals surface area contributed by atoms with Crippen LogP contribution in [0.5, 0.6) is 0 Å². The lowest BCUT2D eigenvalue weighted by atomic mass is 10.1. The lowest BCUT2D eigenvalue weighted by Crippen LogP contribution is -2.29. The van der Waals surface area contributed by atoms with Gasteiger partial charge in [-0.25, -0.2) is 9.78 Å². The van der Waals surface area contributed by atoms with E-state index in [9.17, 15) is 9.59 Å². The second-order valence-electron chi connectivity index (χ2n) is 7.70. The van der Waals surface area contributed by atoms with E-state index in [1.807, 2.05) is 0 Å². The van der Waals surface area contributed by atoms with Crippen molar-refractivity contribution in [1.82, 2.24) is 24.8 Å². The van der Waals surface area contributed by atoms with Crippen LogP contribution >= 0.6 is 0 Å². The summed E-state index contributed by atoms with van der Waals surface area (Å²) in [6.45, 7) is 0.703. The van der Waals surface area contributed by atoms with E-state index >= 15 is 0 Å². The van der Waals surface area contributed by atoms with Gasteiger partial charge >= 0.3 is 5.97 Å². The van der Waals surface area contributed by atoms with Crippen LogP contribution in [0.3, 0.4) is 0 Å². The Bertz CT molecular complexity index is 1380. The van der Waals surface area contributed by atoms with Gasteiger partial charge in [0.2, 0.25) is 11.9 Å². The topological polar surface area (TPSA) is 158 Å². The first-order chi connectivity index (χ1) is 17.5. The Hall–Kier alpha value is -5.24. The normalized spacial score (nSPS) is 10.3. The molecule has 36 heavy (non-hydrogen) atoms. The standard InChI is InChI=1S/C25H22N8O3/c26-12-17-1-3-18(4-2-17)13-29-23(34)15-28-21-11-22(33-10-9-27-16-33)32-25(31-21)30-14-19-5-7-20(8-6-19)24(35)36/h1-11,16H,13-15H2,(H,29,34)(H,35,36)(H2,28,30,31,32). The summed E-state index contributed by atoms with van der Waals surface area (Å²) in [5, 5.41) is 26.9. The number of benzene rings is 2. The lowest BCUT2D eigenvalue weighted by Gasteiger charge is -2.12. The summed E-state index contributed by atoms with van der Waals surface area (Å²) >= 11 is 0. The summed E-state index contributed by atoms with van der Waals surface area (Å²) in [6.07, 6.45) is 4.97. The molecule has 0 saturated heterocycles. The van der Waals surface area contributed by atoms with Crippen LogP contribution in [0.25, 0.3) is 5.82 Å². The number of aromatic carboxylic acids is 1. The molecule has 2 aromatic carbocycles. The van der Waals surface area contributed by atoms with Gasteiger partial charge in [-0.05, 0) is 35.4 Å². The molecule has 2 heterocycles. The van der Waals surface area contributed by atoms with Crippen molar-refractivity contribution in [3.05, 3.63) is 95.6 Å². The van der Waals surface area contributed by atoms with Crippen LogP contribution < -0.4 is 16.0 Å². The number of imidazole rings is 1. The fraction of sp³-hybridized carbons (Fsp3) is 0.120. The van der Waals surface area contributed by atoms with E-state index in [-0.39, 0.29) is 18.0 Å². The Kier molecular flexibility index (Phi) is 7.47. The number of hydrogen-bond donors (Lipinski definition) is 4. The number of carbonyl (C=O) groups excluding carboxylic acids is 1. The smallest absolute Gasteiger partial charge is 0.335 e. The second-order valence-corrected chi connectivity index (χ2v) is 7.70. The van der Waals surface area contributed by atoms with E-state index in [1.165, 1.54) is 12.1 Å². The van der Waals surface area contributed by atoms with Crippen molar-refractivity contribution in [2.45, 2.75) is 13.1 Å². The van der Waals surface area contributed by atoms with Crippen LogP contribution in [-0.4, -0.2) is 43.0 Å². The highest BCUT2D eigenvalue weighted by atomic mass is 16.4. The van der Waals surface area contributed by atoms with Crippen LogP contribution in [-0.2, 0) is 17.9 Å². The van der Waals surface area contributed by atoms with Gasteiger partial charge in [0, 0.05) is 31.5 Å². The van der Waals surface area contributed by atoms with Crippen LogP contribution in [0.15, 0.2) is 73.3 Å². The van der Waals surface area contributed by atoms with Crippen LogP contribution in [0.1, 0.15) is 27.0 Å². The number of anilines is 2. The van der Waals surface area contributed by atoms with Gasteiger partial charge in [0.25, 0.3) is 0 Å². The average molecular weight is 483 g/mol. The fourth-order valence-electron chi connectivity index (χ4n) is 3.21. The Balaban J connectivity index is 1.40. The first-order valence-electron chi connectivity index (χ1n) is 10.9. The largest absolute Gasteiger partial charge is 0.478 e. The third-order valence-electron chi connectivity index (χ3n) is 5.14. The van der Waals surface area contributed by atoms with Gasteiger partial charge in [0.1, 0.15) is 18.0 Å². The number of amides is 1. The highest BCUT2D eigenvalue weighted by Crippen LogP contribution is 2.15. The quantitative estimate of drug-likeness (QED) is 0.266. The molecular formula is C25H22N8O3. The van der Waals surface area contributed by atoms with Crippen molar-refractivity contribution in [2.75, 3.05) is 17.2 Å². The molecule has 11 nitrogen and oxygen atoms in total. The Labute approximate surface area is 206 Å². The van der Waals surface area contributed by atoms with E-state index in [1.54, 1.807) is 65.8 Å². The van der Waals surface area contributed by atoms with Gasteiger partial charge in [-0.3, -0.25) is 9.36 Å². The van der Waals surface area contributed by atoms with Crippen molar-refractivity contribution in [2.24, 2.45) is 0 Å². The Morgan fingerprint density at radius 3 is 2.36 bits per heavy atom. The molecule has 0 radical (unpaired) electrons. The first-order valence-corrected chi connectivity index (χ1v) is 10.9. The molecule has 0 bridgehead atoms. The molecule has 1 amide bonds. The molecule has 4 aromatic rings. The number of aromatic nitrogens is 4. The zero-order valence-corrected chi connectivity index (χ0v) is 19.0. The van der Waals surface area contributed by atoms with Gasteiger partial charge in [0.05, 0.1) is 23.7 Å². The van der Waals surface area contributed by atoms with Crippen LogP contribution in [0.4, 0.5) is 11.8 Å². The molecule has 0 fully saturated rings. The fourth-order valence-corrected chi connectivity index (χ4v) is 3.21. The molecule has 4 rings (SSSR count). The predicted molar refractivity (Wildman–Crippen MR) is 131 cm³/mol. The highest BCUT2D eigenvalue weighted by molar-refractivity contribution is 5.87. The van der Waals surface area contributed by atoms with Gasteiger partial charge in [-0.2, -0.15) is 15.2 Å². The number of carbonyl (C=O) groups is 2. The molecule has 2 aromatic heterocycles. The Morgan fingerprint density at radius 2 is 1.69 bits per heavy atom. The maximum absolute atomic E-state index is 12.4. The van der Waals surface area contributed by atoms with E-state index in [0.29, 0.717) is 36.2 Å². The summed E-state index contributed by atoms with van der Waals surface area (Å²) in [5.74, 6) is 0.0966. The second kappa shape index (κ2) is 11.3. The SMILES string of the molecule is N#Cc1ccc(CNC(=O)CNc2cc(-n3ccnc3)nc(NCc3ccc(C(=O)O)cc3)n2)cc1. The molecule has 180 valence electrons. The average Bonchev–Trinajstić information content (AvgIpc) is 3.45. The zero-order valence-electron chi connectivity index (χ0n) is 19.0. The molecule has 0 saturated carbocycles. The third-order valence-corrected chi connectivity index (χ3v) is 5.14. The van der Waals surface area contributed by atoms with Crippen molar-refractivity contribution >= 4 is 23.6 Å². The minimum absolute atomic E-state index is 0.00719. The van der Waals surface area contributed by atoms with Gasteiger partial charge in [0.15, 0.2) is 0 Å². The van der Waals surface area contributed by atoms with E-state index in [4.69, 9.17) is 10.4 Å². The predicted octanol–water partition coefficient (Wildman–Crippen LogP) is 2.57. The number of carboxylic acid groups (broad SMARTS) is 1.